The largest absolute Gasteiger partial charge is 0.494 e. The van der Waals surface area contributed by atoms with Crippen LogP contribution in [0.1, 0.15) is 52.0 Å². The Morgan fingerprint density at radius 3 is 2.57 bits per heavy atom. The molecule has 1 aliphatic heterocycles. The minimum absolute atomic E-state index is 0.294. The second-order valence-corrected chi connectivity index (χ2v) is 8.83. The van der Waals surface area contributed by atoms with Crippen LogP contribution in [0.2, 0.25) is 0 Å². The van der Waals surface area contributed by atoms with E-state index in [0.717, 1.165) is 57.0 Å². The molecule has 1 saturated heterocycles. The molecule has 1 fully saturated rings. The fourth-order valence-corrected chi connectivity index (χ4v) is 3.52. The molecular weight excluding hydrogens is 355 g/mol. The number of nitrogens with zero attached hydrogens (tertiary/aromatic N) is 2. The third-order valence-electron chi connectivity index (χ3n) is 5.17. The van der Waals surface area contributed by atoms with Crippen LogP contribution in [0.4, 0.5) is 4.39 Å². The summed E-state index contributed by atoms with van der Waals surface area (Å²) in [6, 6.07) is 5.65. The van der Waals surface area contributed by atoms with E-state index in [1.54, 1.807) is 12.1 Å². The zero-order valence-electron chi connectivity index (χ0n) is 18.1. The normalized spacial score (nSPS) is 16.9. The number of halogens is 1. The van der Waals surface area contributed by atoms with Crippen molar-refractivity contribution in [1.82, 2.24) is 15.5 Å². The molecule has 0 radical (unpaired) electrons. The van der Waals surface area contributed by atoms with Gasteiger partial charge in [0.25, 0.3) is 0 Å². The number of methoxy groups -OCH3 is 1. The van der Waals surface area contributed by atoms with Gasteiger partial charge in [-0.1, -0.05) is 26.8 Å². The third kappa shape index (κ3) is 7.66. The minimum Gasteiger partial charge on any atom is -0.494 e. The highest BCUT2D eigenvalue weighted by molar-refractivity contribution is 5.79. The summed E-state index contributed by atoms with van der Waals surface area (Å²) >= 11 is 0. The smallest absolute Gasteiger partial charge is 0.191 e. The molecule has 0 aliphatic carbocycles. The van der Waals surface area contributed by atoms with Gasteiger partial charge in [-0.2, -0.15) is 0 Å². The molecule has 0 saturated carbocycles. The van der Waals surface area contributed by atoms with E-state index in [1.165, 1.54) is 13.5 Å². The average molecular weight is 393 g/mol. The molecule has 2 rings (SSSR count). The molecule has 0 aromatic heterocycles. The maximum atomic E-state index is 13.9. The molecule has 0 unspecified atom stereocenters. The summed E-state index contributed by atoms with van der Waals surface area (Å²) in [5, 5.41) is 6.98. The van der Waals surface area contributed by atoms with Crippen LogP contribution in [0, 0.1) is 11.2 Å². The van der Waals surface area contributed by atoms with Gasteiger partial charge in [0.05, 0.1) is 7.11 Å². The Balaban J connectivity index is 1.71. The molecule has 158 valence electrons. The quantitative estimate of drug-likeness (QED) is 0.421. The molecule has 2 N–H and O–H groups in total. The molecule has 0 spiro atoms. The zero-order valence-corrected chi connectivity index (χ0v) is 18.1. The summed E-state index contributed by atoms with van der Waals surface area (Å²) in [4.78, 5) is 6.73. The Kier molecular flexibility index (Phi) is 8.55. The first kappa shape index (κ1) is 22.5. The van der Waals surface area contributed by atoms with Crippen molar-refractivity contribution < 1.29 is 9.13 Å². The number of piperidine rings is 1. The summed E-state index contributed by atoms with van der Waals surface area (Å²) in [5.41, 5.74) is 1.36. The fraction of sp³-hybridized carbons (Fsp3) is 0.682. The molecule has 6 heteroatoms. The van der Waals surface area contributed by atoms with Crippen LogP contribution in [0.3, 0.4) is 0 Å². The van der Waals surface area contributed by atoms with Crippen molar-refractivity contribution in [2.45, 2.75) is 59.0 Å². The number of ether oxygens (including phenoxy) is 1. The Bertz CT molecular complexity index is 634. The number of likely N-dealkylation sites (tertiary alicyclic amines) is 1. The lowest BCUT2D eigenvalue weighted by molar-refractivity contribution is 0.198. The van der Waals surface area contributed by atoms with Gasteiger partial charge in [-0.25, -0.2) is 4.39 Å². The van der Waals surface area contributed by atoms with Gasteiger partial charge in [-0.15, -0.1) is 0 Å². The lowest BCUT2D eigenvalue weighted by Crippen LogP contribution is -2.48. The van der Waals surface area contributed by atoms with Crippen molar-refractivity contribution in [3.8, 4) is 5.75 Å². The first-order chi connectivity index (χ1) is 13.3. The summed E-state index contributed by atoms with van der Waals surface area (Å²) in [6.45, 7) is 10.5. The van der Waals surface area contributed by atoms with E-state index in [0.29, 0.717) is 17.2 Å². The van der Waals surface area contributed by atoms with Gasteiger partial charge in [0.2, 0.25) is 0 Å². The van der Waals surface area contributed by atoms with Gasteiger partial charge < -0.3 is 15.4 Å². The lowest BCUT2D eigenvalue weighted by Gasteiger charge is -2.33. The van der Waals surface area contributed by atoms with Crippen molar-refractivity contribution in [1.29, 1.82) is 0 Å². The molecule has 28 heavy (non-hydrogen) atoms. The van der Waals surface area contributed by atoms with E-state index >= 15 is 0 Å². The Morgan fingerprint density at radius 1 is 1.29 bits per heavy atom. The van der Waals surface area contributed by atoms with Crippen molar-refractivity contribution in [2.75, 3.05) is 33.8 Å². The maximum Gasteiger partial charge on any atom is 0.191 e. The molecule has 1 aliphatic rings. The molecule has 1 heterocycles. The highest BCUT2D eigenvalue weighted by Crippen LogP contribution is 2.21. The fourth-order valence-electron chi connectivity index (χ4n) is 3.52. The van der Waals surface area contributed by atoms with Gasteiger partial charge >= 0.3 is 0 Å². The second kappa shape index (κ2) is 10.6. The van der Waals surface area contributed by atoms with Crippen LogP contribution >= 0.6 is 0 Å². The van der Waals surface area contributed by atoms with Crippen molar-refractivity contribution >= 4 is 5.96 Å². The topological polar surface area (TPSA) is 48.9 Å². The van der Waals surface area contributed by atoms with Gasteiger partial charge in [0.1, 0.15) is 0 Å². The molecule has 0 amide bonds. The van der Waals surface area contributed by atoms with Gasteiger partial charge in [-0.3, -0.25) is 9.89 Å². The van der Waals surface area contributed by atoms with Crippen molar-refractivity contribution in [2.24, 2.45) is 10.4 Å². The number of hydrogen-bond acceptors (Lipinski definition) is 3. The number of guanidine groups is 1. The van der Waals surface area contributed by atoms with Crippen LogP contribution in [-0.2, 0) is 6.54 Å². The number of nitrogens with one attached hydrogen (secondary N) is 2. The average Bonchev–Trinajstić information content (AvgIpc) is 2.65. The third-order valence-corrected chi connectivity index (χ3v) is 5.17. The minimum atomic E-state index is -0.294. The number of benzene rings is 1. The molecule has 5 nitrogen and oxygen atoms in total. The molecule has 1 aromatic carbocycles. The Hall–Kier alpha value is -1.82. The zero-order chi connectivity index (χ0) is 20.6. The predicted octanol–water partition coefficient (Wildman–Crippen LogP) is 3.79. The number of aliphatic imine (C=N–C) groups is 1. The standard InChI is InChI=1S/C22H37FN4O/c1-22(2,3)11-6-12-25-21(24-4)26-18-9-13-27(14-10-18)16-17-7-8-20(28-5)19(23)15-17/h7-8,15,18H,6,9-14,16H2,1-5H3,(H2,24,25,26). The first-order valence-corrected chi connectivity index (χ1v) is 10.3. The van der Waals surface area contributed by atoms with Gasteiger partial charge in [0, 0.05) is 39.3 Å². The van der Waals surface area contributed by atoms with Crippen LogP contribution in [0.5, 0.6) is 5.75 Å². The second-order valence-electron chi connectivity index (χ2n) is 8.83. The molecule has 0 atom stereocenters. The lowest BCUT2D eigenvalue weighted by atomic mass is 9.91. The van der Waals surface area contributed by atoms with Gasteiger partial charge in [0.15, 0.2) is 17.5 Å². The summed E-state index contributed by atoms with van der Waals surface area (Å²) in [6.07, 6.45) is 4.45. The van der Waals surface area contributed by atoms with E-state index in [1.807, 2.05) is 13.1 Å². The highest BCUT2D eigenvalue weighted by atomic mass is 19.1. The Labute approximate surface area is 169 Å². The number of hydrogen-bond donors (Lipinski definition) is 2. The predicted molar refractivity (Wildman–Crippen MR) is 114 cm³/mol. The first-order valence-electron chi connectivity index (χ1n) is 10.3. The van der Waals surface area contributed by atoms with Crippen LogP contribution in [0.25, 0.3) is 0 Å². The van der Waals surface area contributed by atoms with E-state index < -0.39 is 0 Å². The Morgan fingerprint density at radius 2 is 2.00 bits per heavy atom. The van der Waals surface area contributed by atoms with E-state index in [9.17, 15) is 4.39 Å². The summed E-state index contributed by atoms with van der Waals surface area (Å²) in [5.74, 6) is 0.899. The van der Waals surface area contributed by atoms with Crippen molar-refractivity contribution in [3.63, 3.8) is 0 Å². The van der Waals surface area contributed by atoms with E-state index in [2.05, 4.69) is 41.3 Å². The van der Waals surface area contributed by atoms with Crippen LogP contribution in [0.15, 0.2) is 23.2 Å². The summed E-state index contributed by atoms with van der Waals surface area (Å²) < 4.78 is 18.9. The summed E-state index contributed by atoms with van der Waals surface area (Å²) in [7, 11) is 3.32. The maximum absolute atomic E-state index is 13.9. The van der Waals surface area contributed by atoms with Crippen LogP contribution in [-0.4, -0.2) is 50.7 Å². The van der Waals surface area contributed by atoms with E-state index in [4.69, 9.17) is 4.74 Å². The SMILES string of the molecule is CN=C(NCCCC(C)(C)C)NC1CCN(Cc2ccc(OC)c(F)c2)CC1. The van der Waals surface area contributed by atoms with Gasteiger partial charge in [-0.05, 0) is 48.8 Å². The molecular formula is C22H37FN4O. The monoisotopic (exact) mass is 392 g/mol. The molecule has 1 aromatic rings. The number of rotatable bonds is 7. The van der Waals surface area contributed by atoms with Crippen LogP contribution < -0.4 is 15.4 Å². The van der Waals surface area contributed by atoms with E-state index in [-0.39, 0.29) is 5.82 Å². The molecule has 0 bridgehead atoms. The van der Waals surface area contributed by atoms with Crippen molar-refractivity contribution in [3.05, 3.63) is 29.6 Å². The highest BCUT2D eigenvalue weighted by Gasteiger charge is 2.20.